The Labute approximate surface area is 176 Å². The summed E-state index contributed by atoms with van der Waals surface area (Å²) in [7, 11) is 0. The van der Waals surface area contributed by atoms with E-state index in [9.17, 15) is 23.6 Å². The molecule has 30 heavy (non-hydrogen) atoms. The van der Waals surface area contributed by atoms with Crippen LogP contribution in [0.25, 0.3) is 0 Å². The third kappa shape index (κ3) is 5.04. The quantitative estimate of drug-likeness (QED) is 0.536. The summed E-state index contributed by atoms with van der Waals surface area (Å²) in [6, 6.07) is 11.3. The zero-order chi connectivity index (χ0) is 21.7. The smallest absolute Gasteiger partial charge is 0.338 e. The van der Waals surface area contributed by atoms with Crippen LogP contribution >= 0.6 is 11.8 Å². The fourth-order valence-corrected chi connectivity index (χ4v) is 3.81. The number of carbonyl (C=O) groups excluding carboxylic acids is 4. The van der Waals surface area contributed by atoms with Crippen LogP contribution in [0.2, 0.25) is 0 Å². The maximum absolute atomic E-state index is 12.9. The number of anilines is 2. The van der Waals surface area contributed by atoms with E-state index in [0.717, 1.165) is 16.7 Å². The number of esters is 1. The van der Waals surface area contributed by atoms with Crippen molar-refractivity contribution in [3.63, 3.8) is 0 Å². The molecule has 3 rings (SSSR count). The van der Waals surface area contributed by atoms with Crippen molar-refractivity contribution in [3.8, 4) is 0 Å². The number of ether oxygens (including phenoxy) is 1. The standard InChI is InChI=1S/C21H19FN2O5S/c1-2-29-21(28)13-3-9-16(10-4-13)24-19(26)11-17(20(24)27)30-12-18(25)23-15-7-5-14(22)6-8-15/h3-10,17H,2,11-12H2,1H3,(H,23,25)/t17-/m1/s1. The number of hydrogen-bond acceptors (Lipinski definition) is 6. The molecule has 9 heteroatoms. The van der Waals surface area contributed by atoms with Gasteiger partial charge >= 0.3 is 5.97 Å². The predicted molar refractivity (Wildman–Crippen MR) is 111 cm³/mol. The summed E-state index contributed by atoms with van der Waals surface area (Å²) < 4.78 is 17.8. The van der Waals surface area contributed by atoms with Crippen LogP contribution in [0.15, 0.2) is 48.5 Å². The first kappa shape index (κ1) is 21.5. The highest BCUT2D eigenvalue weighted by Crippen LogP contribution is 2.30. The number of halogens is 1. The Kier molecular flexibility index (Phi) is 6.83. The van der Waals surface area contributed by atoms with Gasteiger partial charge in [-0.3, -0.25) is 14.4 Å². The van der Waals surface area contributed by atoms with Crippen LogP contribution in [0.4, 0.5) is 15.8 Å². The highest BCUT2D eigenvalue weighted by Gasteiger charge is 2.40. The van der Waals surface area contributed by atoms with E-state index < -0.39 is 22.9 Å². The number of thioether (sulfide) groups is 1. The largest absolute Gasteiger partial charge is 0.462 e. The zero-order valence-electron chi connectivity index (χ0n) is 16.1. The molecule has 1 heterocycles. The Morgan fingerprint density at radius 1 is 1.13 bits per heavy atom. The maximum atomic E-state index is 12.9. The molecule has 7 nitrogen and oxygen atoms in total. The second-order valence-electron chi connectivity index (χ2n) is 6.39. The van der Waals surface area contributed by atoms with Crippen molar-refractivity contribution < 1.29 is 28.3 Å². The number of benzene rings is 2. The van der Waals surface area contributed by atoms with Crippen molar-refractivity contribution in [2.75, 3.05) is 22.6 Å². The third-order valence-corrected chi connectivity index (χ3v) is 5.48. The molecule has 2 aromatic carbocycles. The van der Waals surface area contributed by atoms with Crippen molar-refractivity contribution in [2.45, 2.75) is 18.6 Å². The van der Waals surface area contributed by atoms with Crippen LogP contribution in [0.5, 0.6) is 0 Å². The number of imide groups is 1. The van der Waals surface area contributed by atoms with Gasteiger partial charge in [0.15, 0.2) is 0 Å². The minimum Gasteiger partial charge on any atom is -0.462 e. The highest BCUT2D eigenvalue weighted by molar-refractivity contribution is 8.01. The molecule has 1 N–H and O–H groups in total. The Hall–Kier alpha value is -3.20. The lowest BCUT2D eigenvalue weighted by atomic mass is 10.2. The molecule has 1 fully saturated rings. The van der Waals surface area contributed by atoms with Crippen LogP contribution < -0.4 is 10.2 Å². The lowest BCUT2D eigenvalue weighted by Crippen LogP contribution is -2.31. The van der Waals surface area contributed by atoms with Gasteiger partial charge in [-0.25, -0.2) is 14.1 Å². The molecule has 0 spiro atoms. The topological polar surface area (TPSA) is 92.8 Å². The summed E-state index contributed by atoms with van der Waals surface area (Å²) in [4.78, 5) is 49.9. The summed E-state index contributed by atoms with van der Waals surface area (Å²) >= 11 is 1.07. The second-order valence-corrected chi connectivity index (χ2v) is 7.58. The molecule has 1 saturated heterocycles. The monoisotopic (exact) mass is 430 g/mol. The van der Waals surface area contributed by atoms with Crippen molar-refractivity contribution in [1.29, 1.82) is 0 Å². The summed E-state index contributed by atoms with van der Waals surface area (Å²) in [5, 5.41) is 1.93. The summed E-state index contributed by atoms with van der Waals surface area (Å²) in [5.41, 5.74) is 1.12. The first-order chi connectivity index (χ1) is 14.4. The van der Waals surface area contributed by atoms with E-state index in [2.05, 4.69) is 5.32 Å². The minimum atomic E-state index is -0.679. The SMILES string of the molecule is CCOC(=O)c1ccc(N2C(=O)C[C@@H](SCC(=O)Nc3ccc(F)cc3)C2=O)cc1. The number of nitrogens with one attached hydrogen (secondary N) is 1. The van der Waals surface area contributed by atoms with Gasteiger partial charge in [0.25, 0.3) is 0 Å². The molecule has 1 atom stereocenters. The summed E-state index contributed by atoms with van der Waals surface area (Å²) in [6.07, 6.45) is -0.0209. The van der Waals surface area contributed by atoms with E-state index >= 15 is 0 Å². The van der Waals surface area contributed by atoms with Gasteiger partial charge in [-0.15, -0.1) is 11.8 Å². The second kappa shape index (κ2) is 9.53. The number of rotatable bonds is 7. The van der Waals surface area contributed by atoms with E-state index in [-0.39, 0.29) is 30.6 Å². The van der Waals surface area contributed by atoms with Crippen LogP contribution in [-0.4, -0.2) is 41.3 Å². The van der Waals surface area contributed by atoms with Crippen molar-refractivity contribution in [1.82, 2.24) is 0 Å². The van der Waals surface area contributed by atoms with Gasteiger partial charge in [-0.05, 0) is 55.5 Å². The number of amides is 3. The normalized spacial score (nSPS) is 15.9. The highest BCUT2D eigenvalue weighted by atomic mass is 32.2. The summed E-state index contributed by atoms with van der Waals surface area (Å²) in [6.45, 7) is 1.95. The van der Waals surface area contributed by atoms with Crippen molar-refractivity contribution in [3.05, 3.63) is 59.9 Å². The van der Waals surface area contributed by atoms with Gasteiger partial charge in [-0.1, -0.05) is 0 Å². The Morgan fingerprint density at radius 3 is 2.43 bits per heavy atom. The lowest BCUT2D eigenvalue weighted by Gasteiger charge is -2.15. The van der Waals surface area contributed by atoms with Crippen LogP contribution in [-0.2, 0) is 19.1 Å². The van der Waals surface area contributed by atoms with Crippen LogP contribution in [0.1, 0.15) is 23.7 Å². The first-order valence-corrected chi connectivity index (χ1v) is 10.2. The maximum Gasteiger partial charge on any atom is 0.338 e. The average molecular weight is 430 g/mol. The van der Waals surface area contributed by atoms with Gasteiger partial charge in [0.2, 0.25) is 17.7 Å². The molecule has 2 aromatic rings. The van der Waals surface area contributed by atoms with E-state index in [1.165, 1.54) is 48.5 Å². The Bertz CT molecular complexity index is 962. The average Bonchev–Trinajstić information content (AvgIpc) is 3.01. The molecule has 1 aliphatic heterocycles. The third-order valence-electron chi connectivity index (χ3n) is 4.29. The first-order valence-electron chi connectivity index (χ1n) is 9.20. The van der Waals surface area contributed by atoms with Crippen LogP contribution in [0, 0.1) is 5.82 Å². The Balaban J connectivity index is 1.58. The van der Waals surface area contributed by atoms with Crippen molar-refractivity contribution in [2.24, 2.45) is 0 Å². The molecule has 0 radical (unpaired) electrons. The molecule has 3 amide bonds. The molecular formula is C21H19FN2O5S. The lowest BCUT2D eigenvalue weighted by molar-refractivity contribution is -0.121. The number of carbonyl (C=O) groups is 4. The zero-order valence-corrected chi connectivity index (χ0v) is 16.9. The fraction of sp³-hybridized carbons (Fsp3) is 0.238. The molecule has 156 valence electrons. The fourth-order valence-electron chi connectivity index (χ4n) is 2.87. The van der Waals surface area contributed by atoms with E-state index in [1.54, 1.807) is 6.92 Å². The number of hydrogen-bond donors (Lipinski definition) is 1. The molecule has 0 unspecified atom stereocenters. The van der Waals surface area contributed by atoms with Gasteiger partial charge in [0, 0.05) is 12.1 Å². The van der Waals surface area contributed by atoms with Gasteiger partial charge in [0.1, 0.15) is 5.82 Å². The summed E-state index contributed by atoms with van der Waals surface area (Å²) in [5.74, 6) is -2.07. The van der Waals surface area contributed by atoms with Gasteiger partial charge in [-0.2, -0.15) is 0 Å². The minimum absolute atomic E-state index is 0.0209. The van der Waals surface area contributed by atoms with E-state index in [0.29, 0.717) is 16.9 Å². The molecular weight excluding hydrogens is 411 g/mol. The van der Waals surface area contributed by atoms with Gasteiger partial charge < -0.3 is 10.1 Å². The van der Waals surface area contributed by atoms with Gasteiger partial charge in [0.05, 0.1) is 28.9 Å². The van der Waals surface area contributed by atoms with E-state index in [1.807, 2.05) is 0 Å². The molecule has 1 aliphatic rings. The van der Waals surface area contributed by atoms with Crippen LogP contribution in [0.3, 0.4) is 0 Å². The molecule has 0 aliphatic carbocycles. The number of nitrogens with zero attached hydrogens (tertiary/aromatic N) is 1. The molecule has 0 aromatic heterocycles. The molecule has 0 saturated carbocycles. The molecule has 0 bridgehead atoms. The van der Waals surface area contributed by atoms with Crippen molar-refractivity contribution >= 4 is 46.8 Å². The predicted octanol–water partition coefficient (Wildman–Crippen LogP) is 3.01. The van der Waals surface area contributed by atoms with E-state index in [4.69, 9.17) is 4.74 Å². The Morgan fingerprint density at radius 2 is 1.80 bits per heavy atom.